The molecule has 0 aromatic heterocycles. The number of halogens is 1. The zero-order chi connectivity index (χ0) is 16.5. The van der Waals surface area contributed by atoms with Crippen LogP contribution in [-0.2, 0) is 16.1 Å². The van der Waals surface area contributed by atoms with Crippen molar-refractivity contribution in [3.05, 3.63) is 70.8 Å². The number of esters is 1. The van der Waals surface area contributed by atoms with Gasteiger partial charge in [-0.15, -0.1) is 6.42 Å². The van der Waals surface area contributed by atoms with Crippen molar-refractivity contribution in [3.8, 4) is 18.1 Å². The van der Waals surface area contributed by atoms with Crippen LogP contribution in [0, 0.1) is 12.3 Å². The van der Waals surface area contributed by atoms with E-state index in [1.807, 2.05) is 48.5 Å². The smallest absolute Gasteiger partial charge is 0.331 e. The average Bonchev–Trinajstić information content (AvgIpc) is 2.58. The van der Waals surface area contributed by atoms with E-state index in [1.165, 1.54) is 6.08 Å². The fourth-order valence-corrected chi connectivity index (χ4v) is 1.87. The van der Waals surface area contributed by atoms with Gasteiger partial charge in [0.25, 0.3) is 0 Å². The Balaban J connectivity index is 1.87. The molecule has 0 aliphatic carbocycles. The number of hydrogen-bond acceptors (Lipinski definition) is 3. The Morgan fingerprint density at radius 3 is 2.48 bits per heavy atom. The SMILES string of the molecule is C#CCOC(=O)/C=C/c1ccc(OCc2ccc(Cl)cc2)cc1. The van der Waals surface area contributed by atoms with Crippen LogP contribution >= 0.6 is 11.6 Å². The van der Waals surface area contributed by atoms with Crippen LogP contribution in [0.2, 0.25) is 5.02 Å². The van der Waals surface area contributed by atoms with Crippen LogP contribution in [0.4, 0.5) is 0 Å². The maximum absolute atomic E-state index is 11.3. The van der Waals surface area contributed by atoms with E-state index >= 15 is 0 Å². The first-order valence-electron chi connectivity index (χ1n) is 6.93. The Kier molecular flexibility index (Phi) is 6.28. The molecule has 0 aliphatic heterocycles. The van der Waals surface area contributed by atoms with Crippen molar-refractivity contribution < 1.29 is 14.3 Å². The van der Waals surface area contributed by atoms with Crippen LogP contribution in [0.1, 0.15) is 11.1 Å². The lowest BCUT2D eigenvalue weighted by atomic mass is 10.2. The van der Waals surface area contributed by atoms with E-state index in [1.54, 1.807) is 6.08 Å². The van der Waals surface area contributed by atoms with Crippen molar-refractivity contribution >= 4 is 23.6 Å². The first kappa shape index (κ1) is 16.7. The first-order chi connectivity index (χ1) is 11.2. The second kappa shape index (κ2) is 8.67. The van der Waals surface area contributed by atoms with Crippen LogP contribution in [0.15, 0.2) is 54.6 Å². The van der Waals surface area contributed by atoms with Crippen LogP contribution in [0.3, 0.4) is 0 Å². The minimum atomic E-state index is -0.467. The van der Waals surface area contributed by atoms with Crippen LogP contribution in [-0.4, -0.2) is 12.6 Å². The summed E-state index contributed by atoms with van der Waals surface area (Å²) in [6, 6.07) is 14.9. The summed E-state index contributed by atoms with van der Waals surface area (Å²) in [7, 11) is 0. The van der Waals surface area contributed by atoms with Gasteiger partial charge in [0.2, 0.25) is 0 Å². The Labute approximate surface area is 140 Å². The number of carbonyl (C=O) groups excluding carboxylic acids is 1. The second-order valence-electron chi connectivity index (χ2n) is 4.63. The zero-order valence-electron chi connectivity index (χ0n) is 12.4. The summed E-state index contributed by atoms with van der Waals surface area (Å²) < 4.78 is 10.4. The average molecular weight is 327 g/mol. The zero-order valence-corrected chi connectivity index (χ0v) is 13.1. The molecule has 4 heteroatoms. The van der Waals surface area contributed by atoms with E-state index in [-0.39, 0.29) is 6.61 Å². The number of ether oxygens (including phenoxy) is 2. The van der Waals surface area contributed by atoms with Crippen LogP contribution in [0.25, 0.3) is 6.08 Å². The summed E-state index contributed by atoms with van der Waals surface area (Å²) in [6.45, 7) is 0.436. The maximum Gasteiger partial charge on any atom is 0.331 e. The molecule has 0 spiro atoms. The lowest BCUT2D eigenvalue weighted by Crippen LogP contribution is -1.99. The van der Waals surface area contributed by atoms with Gasteiger partial charge in [-0.2, -0.15) is 0 Å². The normalized spacial score (nSPS) is 10.3. The molecule has 0 saturated heterocycles. The second-order valence-corrected chi connectivity index (χ2v) is 5.07. The van der Waals surface area contributed by atoms with Gasteiger partial charge in [-0.05, 0) is 41.5 Å². The highest BCUT2D eigenvalue weighted by molar-refractivity contribution is 6.30. The lowest BCUT2D eigenvalue weighted by molar-refractivity contribution is -0.136. The molecule has 0 radical (unpaired) electrons. The highest BCUT2D eigenvalue weighted by atomic mass is 35.5. The van der Waals surface area contributed by atoms with Gasteiger partial charge in [0, 0.05) is 11.1 Å². The third-order valence-corrected chi connectivity index (χ3v) is 3.16. The fourth-order valence-electron chi connectivity index (χ4n) is 1.75. The van der Waals surface area contributed by atoms with Gasteiger partial charge in [-0.1, -0.05) is 41.8 Å². The number of benzene rings is 2. The summed E-state index contributed by atoms with van der Waals surface area (Å²) in [5.74, 6) is 2.51. The largest absolute Gasteiger partial charge is 0.489 e. The van der Waals surface area contributed by atoms with Crippen molar-refractivity contribution in [2.45, 2.75) is 6.61 Å². The molecular weight excluding hydrogens is 312 g/mol. The Hall–Kier alpha value is -2.70. The van der Waals surface area contributed by atoms with Gasteiger partial charge < -0.3 is 9.47 Å². The monoisotopic (exact) mass is 326 g/mol. The molecule has 0 amide bonds. The quantitative estimate of drug-likeness (QED) is 0.455. The van der Waals surface area contributed by atoms with Gasteiger partial charge in [-0.25, -0.2) is 4.79 Å². The first-order valence-corrected chi connectivity index (χ1v) is 7.31. The molecule has 0 heterocycles. The van der Waals surface area contributed by atoms with Crippen molar-refractivity contribution in [1.29, 1.82) is 0 Å². The molecule has 0 bridgehead atoms. The Morgan fingerprint density at radius 2 is 1.83 bits per heavy atom. The van der Waals surface area contributed by atoms with E-state index in [4.69, 9.17) is 27.5 Å². The van der Waals surface area contributed by atoms with E-state index in [2.05, 4.69) is 5.92 Å². The third kappa shape index (κ3) is 5.90. The number of terminal acetylenes is 1. The van der Waals surface area contributed by atoms with E-state index in [9.17, 15) is 4.79 Å². The molecular formula is C19H15ClO3. The van der Waals surface area contributed by atoms with Gasteiger partial charge in [0.05, 0.1) is 0 Å². The van der Waals surface area contributed by atoms with Gasteiger partial charge in [0.15, 0.2) is 6.61 Å². The van der Waals surface area contributed by atoms with E-state index < -0.39 is 5.97 Å². The highest BCUT2D eigenvalue weighted by Crippen LogP contribution is 2.16. The molecule has 23 heavy (non-hydrogen) atoms. The number of carbonyl (C=O) groups is 1. The van der Waals surface area contributed by atoms with E-state index in [0.717, 1.165) is 16.9 Å². The van der Waals surface area contributed by atoms with Gasteiger partial charge in [-0.3, -0.25) is 0 Å². The molecule has 2 rings (SSSR count). The van der Waals surface area contributed by atoms with Crippen molar-refractivity contribution in [2.75, 3.05) is 6.61 Å². The summed E-state index contributed by atoms with van der Waals surface area (Å²) in [5.41, 5.74) is 1.90. The van der Waals surface area contributed by atoms with Crippen molar-refractivity contribution in [1.82, 2.24) is 0 Å². The minimum absolute atomic E-state index is 0.0271. The van der Waals surface area contributed by atoms with Gasteiger partial charge in [0.1, 0.15) is 12.4 Å². The molecule has 116 valence electrons. The number of rotatable bonds is 6. The molecule has 3 nitrogen and oxygen atoms in total. The topological polar surface area (TPSA) is 35.5 Å². The van der Waals surface area contributed by atoms with Crippen molar-refractivity contribution in [3.63, 3.8) is 0 Å². The Bertz CT molecular complexity index is 710. The molecule has 0 aliphatic rings. The van der Waals surface area contributed by atoms with Crippen LogP contribution in [0.5, 0.6) is 5.75 Å². The Morgan fingerprint density at radius 1 is 1.13 bits per heavy atom. The molecule has 0 atom stereocenters. The molecule has 0 fully saturated rings. The van der Waals surface area contributed by atoms with Crippen LogP contribution < -0.4 is 4.74 Å². The highest BCUT2D eigenvalue weighted by Gasteiger charge is 1.98. The molecule has 0 saturated carbocycles. The predicted molar refractivity (Wildman–Crippen MR) is 91.1 cm³/mol. The summed E-state index contributed by atoms with van der Waals surface area (Å²) in [5, 5.41) is 0.700. The fraction of sp³-hybridized carbons (Fsp3) is 0.105. The number of hydrogen-bond donors (Lipinski definition) is 0. The summed E-state index contributed by atoms with van der Waals surface area (Å²) in [6.07, 6.45) is 8.00. The van der Waals surface area contributed by atoms with Crippen molar-refractivity contribution in [2.24, 2.45) is 0 Å². The molecule has 0 unspecified atom stereocenters. The molecule has 0 N–H and O–H groups in total. The maximum atomic E-state index is 11.3. The summed E-state index contributed by atoms with van der Waals surface area (Å²) in [4.78, 5) is 11.3. The predicted octanol–water partition coefficient (Wildman–Crippen LogP) is 4.11. The standard InChI is InChI=1S/C19H15ClO3/c1-2-13-22-19(21)12-7-15-5-10-18(11-6-15)23-14-16-3-8-17(20)9-4-16/h1,3-12H,13-14H2/b12-7+. The lowest BCUT2D eigenvalue weighted by Gasteiger charge is -2.06. The summed E-state index contributed by atoms with van der Waals surface area (Å²) >= 11 is 5.84. The third-order valence-electron chi connectivity index (χ3n) is 2.91. The van der Waals surface area contributed by atoms with E-state index in [0.29, 0.717) is 11.6 Å². The molecule has 2 aromatic carbocycles. The molecule has 2 aromatic rings. The minimum Gasteiger partial charge on any atom is -0.489 e. The van der Waals surface area contributed by atoms with Gasteiger partial charge >= 0.3 is 5.97 Å².